The van der Waals surface area contributed by atoms with E-state index in [0.29, 0.717) is 37.3 Å². The lowest BCUT2D eigenvalue weighted by molar-refractivity contribution is 0.0746. The van der Waals surface area contributed by atoms with E-state index in [0.717, 1.165) is 9.83 Å². The van der Waals surface area contributed by atoms with Crippen molar-refractivity contribution in [2.45, 2.75) is 0 Å². The van der Waals surface area contributed by atoms with Crippen LogP contribution in [0, 0.1) is 11.6 Å². The molecule has 0 spiro atoms. The summed E-state index contributed by atoms with van der Waals surface area (Å²) in [6, 6.07) is 10.5. The number of carbonyl (C=O) groups is 1. The Balaban J connectivity index is 1.46. The third kappa shape index (κ3) is 3.07. The molecule has 0 atom stereocenters. The molecular formula is C18H15F2N3OS. The number of amides is 1. The molecular weight excluding hydrogens is 344 g/mol. The molecule has 0 N–H and O–H groups in total. The third-order valence-corrected chi connectivity index (χ3v) is 5.37. The Kier molecular flexibility index (Phi) is 4.09. The summed E-state index contributed by atoms with van der Waals surface area (Å²) in [4.78, 5) is 20.7. The van der Waals surface area contributed by atoms with Gasteiger partial charge in [-0.2, -0.15) is 0 Å². The molecule has 128 valence electrons. The van der Waals surface area contributed by atoms with Crippen molar-refractivity contribution in [2.75, 3.05) is 31.1 Å². The molecule has 25 heavy (non-hydrogen) atoms. The summed E-state index contributed by atoms with van der Waals surface area (Å²) in [5.41, 5.74) is 0.879. The van der Waals surface area contributed by atoms with Crippen molar-refractivity contribution in [3.05, 3.63) is 59.7 Å². The highest BCUT2D eigenvalue weighted by Crippen LogP contribution is 2.30. The zero-order valence-electron chi connectivity index (χ0n) is 13.3. The quantitative estimate of drug-likeness (QED) is 0.702. The van der Waals surface area contributed by atoms with Crippen LogP contribution in [0.3, 0.4) is 0 Å². The molecule has 1 aliphatic rings. The van der Waals surface area contributed by atoms with Crippen LogP contribution in [0.4, 0.5) is 13.9 Å². The van der Waals surface area contributed by atoms with E-state index in [-0.39, 0.29) is 17.5 Å². The largest absolute Gasteiger partial charge is 0.345 e. The summed E-state index contributed by atoms with van der Waals surface area (Å²) in [5.74, 6) is -0.774. The minimum atomic E-state index is -0.357. The first-order chi connectivity index (χ1) is 12.1. The van der Waals surface area contributed by atoms with Gasteiger partial charge in [0, 0.05) is 31.7 Å². The maximum atomic E-state index is 13.8. The third-order valence-electron chi connectivity index (χ3n) is 4.29. The van der Waals surface area contributed by atoms with Gasteiger partial charge in [0.1, 0.15) is 17.2 Å². The first-order valence-electron chi connectivity index (χ1n) is 7.97. The Morgan fingerprint density at radius 2 is 1.72 bits per heavy atom. The second-order valence-corrected chi connectivity index (χ2v) is 6.88. The van der Waals surface area contributed by atoms with Crippen LogP contribution in [-0.4, -0.2) is 42.0 Å². The lowest BCUT2D eigenvalue weighted by Gasteiger charge is -2.34. The van der Waals surface area contributed by atoms with E-state index in [9.17, 15) is 13.6 Å². The van der Waals surface area contributed by atoms with E-state index in [4.69, 9.17) is 0 Å². The van der Waals surface area contributed by atoms with E-state index in [1.165, 1.54) is 41.7 Å². The second kappa shape index (κ2) is 6.40. The zero-order chi connectivity index (χ0) is 17.4. The predicted octanol–water partition coefficient (Wildman–Crippen LogP) is 3.54. The van der Waals surface area contributed by atoms with Gasteiger partial charge in [-0.3, -0.25) is 4.79 Å². The fourth-order valence-corrected chi connectivity index (χ4v) is 3.95. The Labute approximate surface area is 147 Å². The molecule has 1 fully saturated rings. The molecule has 0 radical (unpaired) electrons. The van der Waals surface area contributed by atoms with Crippen LogP contribution in [0.15, 0.2) is 42.5 Å². The molecule has 2 heterocycles. The van der Waals surface area contributed by atoms with Crippen molar-refractivity contribution in [1.82, 2.24) is 9.88 Å². The van der Waals surface area contributed by atoms with Gasteiger partial charge in [-0.1, -0.05) is 17.4 Å². The van der Waals surface area contributed by atoms with Crippen LogP contribution in [0.1, 0.15) is 10.4 Å². The van der Waals surface area contributed by atoms with Crippen LogP contribution in [0.2, 0.25) is 0 Å². The van der Waals surface area contributed by atoms with E-state index in [1.807, 2.05) is 6.07 Å². The summed E-state index contributed by atoms with van der Waals surface area (Å²) in [5, 5.41) is 0.772. The lowest BCUT2D eigenvalue weighted by Crippen LogP contribution is -2.48. The van der Waals surface area contributed by atoms with Crippen LogP contribution >= 0.6 is 11.3 Å². The second-order valence-electron chi connectivity index (χ2n) is 5.87. The highest BCUT2D eigenvalue weighted by molar-refractivity contribution is 7.22. The number of carbonyl (C=O) groups excluding carboxylic acids is 1. The van der Waals surface area contributed by atoms with Gasteiger partial charge in [0.2, 0.25) is 0 Å². The standard InChI is InChI=1S/C18H15F2N3OS/c19-13-6-4-12(5-7-13)17(24)22-8-10-23(11-9-22)18-21-16-14(20)2-1-3-15(16)25-18/h1-7H,8-11H2. The molecule has 0 bridgehead atoms. The van der Waals surface area contributed by atoms with E-state index in [2.05, 4.69) is 9.88 Å². The van der Waals surface area contributed by atoms with E-state index < -0.39 is 0 Å². The number of halogens is 2. The number of para-hydroxylation sites is 1. The van der Waals surface area contributed by atoms with E-state index in [1.54, 1.807) is 11.0 Å². The molecule has 0 unspecified atom stereocenters. The molecule has 1 saturated heterocycles. The zero-order valence-corrected chi connectivity index (χ0v) is 14.1. The fraction of sp³-hybridized carbons (Fsp3) is 0.222. The maximum absolute atomic E-state index is 13.8. The number of rotatable bonds is 2. The SMILES string of the molecule is O=C(c1ccc(F)cc1)N1CCN(c2nc3c(F)cccc3s2)CC1. The normalized spacial score (nSPS) is 15.0. The average molecular weight is 359 g/mol. The van der Waals surface area contributed by atoms with Gasteiger partial charge in [-0.25, -0.2) is 13.8 Å². The van der Waals surface area contributed by atoms with E-state index >= 15 is 0 Å². The number of aromatic nitrogens is 1. The van der Waals surface area contributed by atoms with Crippen LogP contribution < -0.4 is 4.90 Å². The molecule has 1 amide bonds. The van der Waals surface area contributed by atoms with Crippen molar-refractivity contribution in [1.29, 1.82) is 0 Å². The number of benzene rings is 2. The summed E-state index contributed by atoms with van der Waals surface area (Å²) >= 11 is 1.46. The number of hydrogen-bond acceptors (Lipinski definition) is 4. The Bertz CT molecular complexity index is 918. The van der Waals surface area contributed by atoms with Crippen molar-refractivity contribution in [2.24, 2.45) is 0 Å². The number of thiazole rings is 1. The molecule has 0 saturated carbocycles. The lowest BCUT2D eigenvalue weighted by atomic mass is 10.2. The van der Waals surface area contributed by atoms with Crippen molar-refractivity contribution in [3.63, 3.8) is 0 Å². The summed E-state index contributed by atoms with van der Waals surface area (Å²) in [7, 11) is 0. The monoisotopic (exact) mass is 359 g/mol. The molecule has 7 heteroatoms. The Hall–Kier alpha value is -2.54. The van der Waals surface area contributed by atoms with Gasteiger partial charge in [0.25, 0.3) is 5.91 Å². The summed E-state index contributed by atoms with van der Waals surface area (Å²) < 4.78 is 27.6. The minimum absolute atomic E-state index is 0.102. The number of nitrogens with zero attached hydrogens (tertiary/aromatic N) is 3. The van der Waals surface area contributed by atoms with Crippen LogP contribution in [0.25, 0.3) is 10.2 Å². The highest BCUT2D eigenvalue weighted by atomic mass is 32.1. The average Bonchev–Trinajstić information content (AvgIpc) is 3.08. The van der Waals surface area contributed by atoms with Gasteiger partial charge in [0.15, 0.2) is 5.13 Å². The smallest absolute Gasteiger partial charge is 0.253 e. The van der Waals surface area contributed by atoms with Gasteiger partial charge in [0.05, 0.1) is 4.70 Å². The number of anilines is 1. The first kappa shape index (κ1) is 16.0. The number of hydrogen-bond donors (Lipinski definition) is 0. The Morgan fingerprint density at radius 3 is 2.40 bits per heavy atom. The predicted molar refractivity (Wildman–Crippen MR) is 94.1 cm³/mol. The van der Waals surface area contributed by atoms with Crippen molar-refractivity contribution >= 4 is 32.6 Å². The summed E-state index contributed by atoms with van der Waals surface area (Å²) in [6.07, 6.45) is 0. The molecule has 0 aliphatic carbocycles. The summed E-state index contributed by atoms with van der Waals surface area (Å²) in [6.45, 7) is 2.37. The topological polar surface area (TPSA) is 36.4 Å². The number of fused-ring (bicyclic) bond motifs is 1. The fourth-order valence-electron chi connectivity index (χ4n) is 2.91. The molecule has 4 nitrogen and oxygen atoms in total. The van der Waals surface area contributed by atoms with Crippen molar-refractivity contribution < 1.29 is 13.6 Å². The van der Waals surface area contributed by atoms with Gasteiger partial charge in [-0.15, -0.1) is 0 Å². The van der Waals surface area contributed by atoms with Gasteiger partial charge >= 0.3 is 0 Å². The molecule has 1 aromatic heterocycles. The van der Waals surface area contributed by atoms with Crippen LogP contribution in [-0.2, 0) is 0 Å². The van der Waals surface area contributed by atoms with Crippen molar-refractivity contribution in [3.8, 4) is 0 Å². The molecule has 3 aromatic rings. The Morgan fingerprint density at radius 1 is 1.00 bits per heavy atom. The molecule has 2 aromatic carbocycles. The van der Waals surface area contributed by atoms with Gasteiger partial charge in [-0.05, 0) is 36.4 Å². The maximum Gasteiger partial charge on any atom is 0.253 e. The first-order valence-corrected chi connectivity index (χ1v) is 8.78. The van der Waals surface area contributed by atoms with Crippen LogP contribution in [0.5, 0.6) is 0 Å². The number of piperazine rings is 1. The van der Waals surface area contributed by atoms with Gasteiger partial charge < -0.3 is 9.80 Å². The minimum Gasteiger partial charge on any atom is -0.345 e. The molecule has 4 rings (SSSR count). The highest BCUT2D eigenvalue weighted by Gasteiger charge is 2.24. The molecule has 1 aliphatic heterocycles.